The van der Waals surface area contributed by atoms with Crippen LogP contribution in [0.2, 0.25) is 5.15 Å². The average molecular weight is 247 g/mol. The van der Waals surface area contributed by atoms with Gasteiger partial charge in [-0.05, 0) is 18.4 Å². The number of hydrogen-bond acceptors (Lipinski definition) is 2. The Labute approximate surface area is 107 Å². The zero-order valence-corrected chi connectivity index (χ0v) is 11.0. The van der Waals surface area contributed by atoms with E-state index in [0.29, 0.717) is 16.9 Å². The van der Waals surface area contributed by atoms with E-state index >= 15 is 0 Å². The Morgan fingerprint density at radius 1 is 1.06 bits per heavy atom. The number of rotatable bonds is 2. The monoisotopic (exact) mass is 246 g/mol. The molecule has 0 aliphatic rings. The number of nitrogens with zero attached hydrogens (tertiary/aromatic N) is 2. The molecule has 0 amide bonds. The third kappa shape index (κ3) is 2.83. The van der Waals surface area contributed by atoms with Gasteiger partial charge in [0.25, 0.3) is 0 Å². The zero-order valence-electron chi connectivity index (χ0n) is 10.2. The molecule has 0 radical (unpaired) electrons. The number of aryl methyl sites for hydroxylation is 1. The molecule has 0 unspecified atom stereocenters. The Bertz CT molecular complexity index is 498. The minimum Gasteiger partial charge on any atom is -0.233 e. The lowest BCUT2D eigenvalue weighted by molar-refractivity contribution is 0.867. The van der Waals surface area contributed by atoms with E-state index < -0.39 is 0 Å². The van der Waals surface area contributed by atoms with E-state index in [9.17, 15) is 0 Å². The van der Waals surface area contributed by atoms with Crippen molar-refractivity contribution >= 4 is 11.6 Å². The van der Waals surface area contributed by atoms with Crippen molar-refractivity contribution in [1.29, 1.82) is 0 Å². The maximum atomic E-state index is 5.93. The highest BCUT2D eigenvalue weighted by molar-refractivity contribution is 6.29. The lowest BCUT2D eigenvalue weighted by atomic mass is 10.0. The SMILES string of the molecule is Cc1nc(Cl)cc(-c2ccc(C(C)C)cc2)n1. The third-order valence-electron chi connectivity index (χ3n) is 2.68. The van der Waals surface area contributed by atoms with Gasteiger partial charge in [0.1, 0.15) is 11.0 Å². The maximum Gasteiger partial charge on any atom is 0.133 e. The minimum atomic E-state index is 0.487. The molecular formula is C14H15ClN2. The summed E-state index contributed by atoms with van der Waals surface area (Å²) < 4.78 is 0. The molecule has 1 heterocycles. The Hall–Kier alpha value is -1.41. The van der Waals surface area contributed by atoms with Crippen LogP contribution in [-0.4, -0.2) is 9.97 Å². The molecule has 0 N–H and O–H groups in total. The maximum absolute atomic E-state index is 5.93. The van der Waals surface area contributed by atoms with E-state index in [2.05, 4.69) is 48.1 Å². The van der Waals surface area contributed by atoms with Gasteiger partial charge in [-0.3, -0.25) is 0 Å². The summed E-state index contributed by atoms with van der Waals surface area (Å²) in [5, 5.41) is 0.487. The topological polar surface area (TPSA) is 25.8 Å². The second-order valence-electron chi connectivity index (χ2n) is 4.40. The fourth-order valence-electron chi connectivity index (χ4n) is 1.72. The molecular weight excluding hydrogens is 232 g/mol. The molecule has 0 atom stereocenters. The van der Waals surface area contributed by atoms with E-state index in [1.54, 1.807) is 6.07 Å². The van der Waals surface area contributed by atoms with Crippen LogP contribution in [0.15, 0.2) is 30.3 Å². The Morgan fingerprint density at radius 3 is 2.24 bits per heavy atom. The predicted molar refractivity (Wildman–Crippen MR) is 71.3 cm³/mol. The van der Waals surface area contributed by atoms with Crippen LogP contribution >= 0.6 is 11.6 Å². The minimum absolute atomic E-state index is 0.487. The first-order valence-electron chi connectivity index (χ1n) is 5.68. The molecule has 3 heteroatoms. The lowest BCUT2D eigenvalue weighted by Crippen LogP contribution is -1.92. The summed E-state index contributed by atoms with van der Waals surface area (Å²) in [6.07, 6.45) is 0. The van der Waals surface area contributed by atoms with Crippen LogP contribution in [0.25, 0.3) is 11.3 Å². The van der Waals surface area contributed by atoms with Crippen LogP contribution in [0.5, 0.6) is 0 Å². The molecule has 1 aromatic carbocycles. The molecule has 0 saturated carbocycles. The molecule has 1 aromatic heterocycles. The summed E-state index contributed by atoms with van der Waals surface area (Å²) in [4.78, 5) is 8.44. The van der Waals surface area contributed by atoms with Gasteiger partial charge in [0.05, 0.1) is 5.69 Å². The van der Waals surface area contributed by atoms with E-state index in [4.69, 9.17) is 11.6 Å². The van der Waals surface area contributed by atoms with Crippen molar-refractivity contribution in [1.82, 2.24) is 9.97 Å². The van der Waals surface area contributed by atoms with Crippen molar-refractivity contribution in [2.24, 2.45) is 0 Å². The Kier molecular flexibility index (Phi) is 3.43. The first-order chi connectivity index (χ1) is 8.06. The van der Waals surface area contributed by atoms with Gasteiger partial charge in [0.15, 0.2) is 0 Å². The van der Waals surface area contributed by atoms with Crippen LogP contribution in [0.4, 0.5) is 0 Å². The summed E-state index contributed by atoms with van der Waals surface area (Å²) in [5.41, 5.74) is 3.27. The highest BCUT2D eigenvalue weighted by Gasteiger charge is 2.04. The first kappa shape index (κ1) is 12.1. The lowest BCUT2D eigenvalue weighted by Gasteiger charge is -2.07. The van der Waals surface area contributed by atoms with E-state index in [-0.39, 0.29) is 0 Å². The van der Waals surface area contributed by atoms with Crippen LogP contribution < -0.4 is 0 Å². The normalized spacial score (nSPS) is 10.9. The standard InChI is InChI=1S/C14H15ClN2/c1-9(2)11-4-6-12(7-5-11)13-8-14(15)17-10(3)16-13/h4-9H,1-3H3. The molecule has 0 spiro atoms. The summed E-state index contributed by atoms with van der Waals surface area (Å²) in [5.74, 6) is 1.24. The van der Waals surface area contributed by atoms with E-state index in [1.807, 2.05) is 6.92 Å². The third-order valence-corrected chi connectivity index (χ3v) is 2.87. The molecule has 0 aliphatic carbocycles. The van der Waals surface area contributed by atoms with Gasteiger partial charge in [0, 0.05) is 11.6 Å². The highest BCUT2D eigenvalue weighted by Crippen LogP contribution is 2.22. The summed E-state index contributed by atoms with van der Waals surface area (Å²) in [7, 11) is 0. The molecule has 17 heavy (non-hydrogen) atoms. The van der Waals surface area contributed by atoms with E-state index in [0.717, 1.165) is 11.3 Å². The van der Waals surface area contributed by atoms with Crippen molar-refractivity contribution < 1.29 is 0 Å². The molecule has 0 saturated heterocycles. The van der Waals surface area contributed by atoms with Gasteiger partial charge in [-0.2, -0.15) is 0 Å². The largest absolute Gasteiger partial charge is 0.233 e. The fraction of sp³-hybridized carbons (Fsp3) is 0.286. The quantitative estimate of drug-likeness (QED) is 0.741. The molecule has 88 valence electrons. The molecule has 2 aromatic rings. The van der Waals surface area contributed by atoms with Crippen molar-refractivity contribution in [3.8, 4) is 11.3 Å². The second-order valence-corrected chi connectivity index (χ2v) is 4.79. The summed E-state index contributed by atoms with van der Waals surface area (Å²) in [6.45, 7) is 6.21. The zero-order chi connectivity index (χ0) is 12.4. The first-order valence-corrected chi connectivity index (χ1v) is 6.05. The van der Waals surface area contributed by atoms with Gasteiger partial charge in [-0.25, -0.2) is 9.97 Å². The highest BCUT2D eigenvalue weighted by atomic mass is 35.5. The van der Waals surface area contributed by atoms with Crippen molar-refractivity contribution in [3.05, 3.63) is 46.9 Å². The molecule has 2 nitrogen and oxygen atoms in total. The number of halogens is 1. The van der Waals surface area contributed by atoms with Crippen molar-refractivity contribution in [3.63, 3.8) is 0 Å². The Morgan fingerprint density at radius 2 is 1.71 bits per heavy atom. The van der Waals surface area contributed by atoms with Crippen LogP contribution in [-0.2, 0) is 0 Å². The van der Waals surface area contributed by atoms with Crippen molar-refractivity contribution in [2.75, 3.05) is 0 Å². The second kappa shape index (κ2) is 4.84. The van der Waals surface area contributed by atoms with Gasteiger partial charge in [0.2, 0.25) is 0 Å². The van der Waals surface area contributed by atoms with Gasteiger partial charge >= 0.3 is 0 Å². The predicted octanol–water partition coefficient (Wildman–Crippen LogP) is 4.23. The molecule has 0 bridgehead atoms. The van der Waals surface area contributed by atoms with Crippen LogP contribution in [0, 0.1) is 6.92 Å². The fourth-order valence-corrected chi connectivity index (χ4v) is 1.94. The van der Waals surface area contributed by atoms with Crippen LogP contribution in [0.1, 0.15) is 31.2 Å². The van der Waals surface area contributed by atoms with Gasteiger partial charge in [-0.15, -0.1) is 0 Å². The van der Waals surface area contributed by atoms with E-state index in [1.165, 1.54) is 5.56 Å². The number of hydrogen-bond donors (Lipinski definition) is 0. The van der Waals surface area contributed by atoms with Crippen molar-refractivity contribution in [2.45, 2.75) is 26.7 Å². The van der Waals surface area contributed by atoms with Crippen LogP contribution in [0.3, 0.4) is 0 Å². The summed E-state index contributed by atoms with van der Waals surface area (Å²) in [6, 6.07) is 10.2. The smallest absolute Gasteiger partial charge is 0.133 e. The summed E-state index contributed by atoms with van der Waals surface area (Å²) >= 11 is 5.93. The number of aromatic nitrogens is 2. The van der Waals surface area contributed by atoms with Gasteiger partial charge < -0.3 is 0 Å². The molecule has 2 rings (SSSR count). The Balaban J connectivity index is 2.39. The molecule has 0 aliphatic heterocycles. The number of benzene rings is 1. The average Bonchev–Trinajstić information content (AvgIpc) is 2.28. The van der Waals surface area contributed by atoms with Gasteiger partial charge in [-0.1, -0.05) is 49.7 Å². The molecule has 0 fully saturated rings.